The fourth-order valence-corrected chi connectivity index (χ4v) is 3.69. The average molecular weight is 370 g/mol. The number of ether oxygens (including phenoxy) is 1. The highest BCUT2D eigenvalue weighted by Gasteiger charge is 2.16. The molecule has 0 aliphatic rings. The molecule has 26 heavy (non-hydrogen) atoms. The third-order valence-electron chi connectivity index (χ3n) is 3.97. The summed E-state index contributed by atoms with van der Waals surface area (Å²) in [7, 11) is -2.12. The number of benzene rings is 1. The normalized spacial score (nSPS) is 11.5. The Kier molecular flexibility index (Phi) is 4.73. The Hall–Kier alpha value is -2.80. The summed E-state index contributed by atoms with van der Waals surface area (Å²) in [5.74, 6) is -0.441. The number of aryl methyl sites for hydroxylation is 1. The highest BCUT2D eigenvalue weighted by atomic mass is 32.2. The highest BCUT2D eigenvalue weighted by molar-refractivity contribution is 7.91. The molecule has 2 heterocycles. The van der Waals surface area contributed by atoms with Gasteiger partial charge in [-0.15, -0.1) is 0 Å². The van der Waals surface area contributed by atoms with E-state index in [4.69, 9.17) is 4.74 Å². The lowest BCUT2D eigenvalue weighted by atomic mass is 10.0. The van der Waals surface area contributed by atoms with Crippen LogP contribution in [0.5, 0.6) is 0 Å². The molecule has 6 nitrogen and oxygen atoms in total. The Morgan fingerprint density at radius 1 is 1.15 bits per heavy atom. The third kappa shape index (κ3) is 3.72. The molecule has 0 saturated heterocycles. The van der Waals surface area contributed by atoms with Crippen LogP contribution in [0.3, 0.4) is 0 Å². The minimum absolute atomic E-state index is 0.189. The minimum atomic E-state index is -3.44. The van der Waals surface area contributed by atoms with Crippen molar-refractivity contribution < 1.29 is 17.9 Å². The first-order chi connectivity index (χ1) is 12.3. The Morgan fingerprint density at radius 2 is 1.92 bits per heavy atom. The number of carbonyl (C=O) groups is 1. The Balaban J connectivity index is 2.10. The first kappa shape index (κ1) is 18.0. The molecule has 0 unspecified atom stereocenters. The fourth-order valence-electron chi connectivity index (χ4n) is 2.80. The maximum Gasteiger partial charge on any atom is 0.337 e. The van der Waals surface area contributed by atoms with Crippen molar-refractivity contribution in [3.05, 3.63) is 65.1 Å². The second kappa shape index (κ2) is 6.84. The molecular formula is C19H18N2O4S. The smallest absolute Gasteiger partial charge is 0.337 e. The zero-order valence-corrected chi connectivity index (χ0v) is 15.5. The van der Waals surface area contributed by atoms with Gasteiger partial charge in [-0.1, -0.05) is 0 Å². The second-order valence-electron chi connectivity index (χ2n) is 6.15. The van der Waals surface area contributed by atoms with E-state index >= 15 is 0 Å². The number of methoxy groups -OCH3 is 1. The molecule has 2 aromatic heterocycles. The van der Waals surface area contributed by atoms with E-state index in [2.05, 4.69) is 9.97 Å². The van der Waals surface area contributed by atoms with Crippen LogP contribution in [0.15, 0.2) is 47.6 Å². The van der Waals surface area contributed by atoms with Gasteiger partial charge in [-0.3, -0.25) is 9.97 Å². The van der Waals surface area contributed by atoms with Gasteiger partial charge in [0.1, 0.15) is 0 Å². The fraction of sp³-hybridized carbons (Fsp3) is 0.211. The van der Waals surface area contributed by atoms with Crippen LogP contribution in [0.25, 0.3) is 10.9 Å². The van der Waals surface area contributed by atoms with Crippen molar-refractivity contribution in [2.75, 3.05) is 13.4 Å². The van der Waals surface area contributed by atoms with Gasteiger partial charge in [0, 0.05) is 36.2 Å². The molecule has 7 heteroatoms. The van der Waals surface area contributed by atoms with E-state index in [1.165, 1.54) is 19.6 Å². The van der Waals surface area contributed by atoms with Crippen molar-refractivity contribution >= 4 is 26.7 Å². The predicted octanol–water partition coefficient (Wildman–Crippen LogP) is 2.72. The predicted molar refractivity (Wildman–Crippen MR) is 98.0 cm³/mol. The summed E-state index contributed by atoms with van der Waals surface area (Å²) in [6.07, 6.45) is 4.74. The lowest BCUT2D eigenvalue weighted by molar-refractivity contribution is 0.0600. The van der Waals surface area contributed by atoms with Gasteiger partial charge in [0.05, 0.1) is 23.1 Å². The van der Waals surface area contributed by atoms with Crippen molar-refractivity contribution in [3.63, 3.8) is 0 Å². The zero-order chi connectivity index (χ0) is 18.9. The van der Waals surface area contributed by atoms with Gasteiger partial charge in [-0.2, -0.15) is 0 Å². The van der Waals surface area contributed by atoms with E-state index in [-0.39, 0.29) is 4.90 Å². The standard InChI is InChI=1S/C19H18N2O4S/c1-12-6-15-7-13(9-17(26(3,23)24)18(15)21-11-12)8-16-10-14(4-5-20-16)19(22)25-2/h4-7,9-11H,8H2,1-3H3. The molecule has 3 aromatic rings. The molecule has 0 bridgehead atoms. The largest absolute Gasteiger partial charge is 0.465 e. The number of hydrogen-bond acceptors (Lipinski definition) is 6. The molecule has 3 rings (SSSR count). The second-order valence-corrected chi connectivity index (χ2v) is 8.14. The molecule has 0 atom stereocenters. The van der Waals surface area contributed by atoms with Gasteiger partial charge in [-0.25, -0.2) is 13.2 Å². The first-order valence-electron chi connectivity index (χ1n) is 7.90. The summed E-state index contributed by atoms with van der Waals surface area (Å²) >= 11 is 0. The van der Waals surface area contributed by atoms with Crippen LogP contribution in [0.4, 0.5) is 0 Å². The van der Waals surface area contributed by atoms with E-state index in [1.54, 1.807) is 24.4 Å². The van der Waals surface area contributed by atoms with Crippen LogP contribution in [0, 0.1) is 6.92 Å². The highest BCUT2D eigenvalue weighted by Crippen LogP contribution is 2.25. The maximum absolute atomic E-state index is 12.2. The monoisotopic (exact) mass is 370 g/mol. The van der Waals surface area contributed by atoms with Gasteiger partial charge in [0.2, 0.25) is 0 Å². The lowest BCUT2D eigenvalue weighted by Gasteiger charge is -2.09. The summed E-state index contributed by atoms with van der Waals surface area (Å²) in [5.41, 5.74) is 3.23. The van der Waals surface area contributed by atoms with Crippen LogP contribution in [-0.2, 0) is 21.0 Å². The van der Waals surface area contributed by atoms with Crippen molar-refractivity contribution in [1.29, 1.82) is 0 Å². The van der Waals surface area contributed by atoms with Gasteiger partial charge in [0.25, 0.3) is 0 Å². The van der Waals surface area contributed by atoms with Crippen molar-refractivity contribution in [3.8, 4) is 0 Å². The SMILES string of the molecule is COC(=O)c1ccnc(Cc2cc(S(C)(=O)=O)c3ncc(C)cc3c2)c1. The number of aromatic nitrogens is 2. The molecule has 0 saturated carbocycles. The molecule has 0 spiro atoms. The van der Waals surface area contributed by atoms with Gasteiger partial charge < -0.3 is 4.74 Å². The molecule has 0 fully saturated rings. The minimum Gasteiger partial charge on any atom is -0.465 e. The number of carbonyl (C=O) groups excluding carboxylic acids is 1. The molecule has 0 N–H and O–H groups in total. The Labute approximate surface area is 151 Å². The van der Waals surface area contributed by atoms with Crippen molar-refractivity contribution in [2.24, 2.45) is 0 Å². The molecule has 0 amide bonds. The Bertz CT molecular complexity index is 1110. The maximum atomic E-state index is 12.2. The first-order valence-corrected chi connectivity index (χ1v) is 9.79. The van der Waals surface area contributed by atoms with Crippen LogP contribution in [0.2, 0.25) is 0 Å². The molecule has 134 valence electrons. The van der Waals surface area contributed by atoms with Crippen molar-refractivity contribution in [2.45, 2.75) is 18.2 Å². The average Bonchev–Trinajstić information content (AvgIpc) is 2.59. The summed E-state index contributed by atoms with van der Waals surface area (Å²) < 4.78 is 29.1. The lowest BCUT2D eigenvalue weighted by Crippen LogP contribution is -2.04. The number of rotatable bonds is 4. The molecular weight excluding hydrogens is 352 g/mol. The molecule has 1 aromatic carbocycles. The van der Waals surface area contributed by atoms with E-state index in [0.29, 0.717) is 23.2 Å². The van der Waals surface area contributed by atoms with Crippen LogP contribution >= 0.6 is 0 Å². The van der Waals surface area contributed by atoms with Crippen molar-refractivity contribution in [1.82, 2.24) is 9.97 Å². The number of esters is 1. The summed E-state index contributed by atoms with van der Waals surface area (Å²) in [6, 6.07) is 8.64. The number of sulfone groups is 1. The number of nitrogens with zero attached hydrogens (tertiary/aromatic N) is 2. The van der Waals surface area contributed by atoms with Crippen LogP contribution < -0.4 is 0 Å². The Morgan fingerprint density at radius 3 is 2.62 bits per heavy atom. The number of fused-ring (bicyclic) bond motifs is 1. The number of hydrogen-bond donors (Lipinski definition) is 0. The van der Waals surface area contributed by atoms with Crippen LogP contribution in [-0.4, -0.2) is 37.7 Å². The van der Waals surface area contributed by atoms with Gasteiger partial charge >= 0.3 is 5.97 Å². The van der Waals surface area contributed by atoms with Gasteiger partial charge in [0.15, 0.2) is 9.84 Å². The molecule has 0 aliphatic carbocycles. The molecule has 0 radical (unpaired) electrons. The number of pyridine rings is 2. The topological polar surface area (TPSA) is 86.2 Å². The van der Waals surface area contributed by atoms with E-state index in [1.807, 2.05) is 19.1 Å². The zero-order valence-electron chi connectivity index (χ0n) is 14.7. The summed E-state index contributed by atoms with van der Waals surface area (Å²) in [4.78, 5) is 20.4. The quantitative estimate of drug-likeness (QED) is 0.657. The van der Waals surface area contributed by atoms with E-state index < -0.39 is 15.8 Å². The summed E-state index contributed by atoms with van der Waals surface area (Å²) in [5, 5.41) is 0.757. The molecule has 0 aliphatic heterocycles. The third-order valence-corrected chi connectivity index (χ3v) is 5.08. The van der Waals surface area contributed by atoms with Crippen LogP contribution in [0.1, 0.15) is 27.2 Å². The van der Waals surface area contributed by atoms with E-state index in [9.17, 15) is 13.2 Å². The van der Waals surface area contributed by atoms with E-state index in [0.717, 1.165) is 16.5 Å². The van der Waals surface area contributed by atoms with Gasteiger partial charge in [-0.05, 0) is 48.4 Å². The summed E-state index contributed by atoms with van der Waals surface area (Å²) in [6.45, 7) is 1.90.